The molecule has 0 saturated heterocycles. The zero-order chi connectivity index (χ0) is 34.7. The van der Waals surface area contributed by atoms with Gasteiger partial charge in [0.1, 0.15) is 23.3 Å². The van der Waals surface area contributed by atoms with E-state index in [1.165, 1.54) is 33.4 Å². The summed E-state index contributed by atoms with van der Waals surface area (Å²) in [5.41, 5.74) is 1.46. The lowest BCUT2D eigenvalue weighted by Gasteiger charge is -2.30. The molecule has 0 spiro atoms. The van der Waals surface area contributed by atoms with Gasteiger partial charge in [0.15, 0.2) is 6.10 Å². The molecule has 1 aromatic rings. The number of phenols is 2. The molecule has 13 nitrogen and oxygen atoms in total. The standard InChI is InChI=1S/C33H51N5O8/c1-19-15-23-28(35-13-14-37(5)6)25(39)18-24(30(23)41)36-32(42)20(2)11-10-12-26(44-8)31(46-33(43)38(7)34)22(4)17-21(3)29(40)27(16-19)45-9/h10-13,17-19,21,26-27,29,31,39-41H,14-16,34H2,1-9H3,(H,36,42)/b12-10?,20-11+,22-17+,35-13?/t19-,21+,26+,27+,29-,31+/m1/s1. The van der Waals surface area contributed by atoms with Crippen molar-refractivity contribution in [2.75, 3.05) is 47.2 Å². The number of nitrogens with zero attached hydrogens (tertiary/aromatic N) is 3. The van der Waals surface area contributed by atoms with E-state index in [-0.39, 0.29) is 40.8 Å². The van der Waals surface area contributed by atoms with Crippen LogP contribution in [0.15, 0.2) is 46.5 Å². The molecule has 1 heterocycles. The summed E-state index contributed by atoms with van der Waals surface area (Å²) in [6, 6.07) is 1.27. The molecule has 0 fully saturated rings. The number of aromatic hydroxyl groups is 2. The van der Waals surface area contributed by atoms with Crippen molar-refractivity contribution in [2.24, 2.45) is 22.7 Å². The van der Waals surface area contributed by atoms with Crippen LogP contribution in [0.5, 0.6) is 11.5 Å². The summed E-state index contributed by atoms with van der Waals surface area (Å²) >= 11 is 0. The fourth-order valence-corrected chi connectivity index (χ4v) is 5.10. The molecule has 0 aliphatic carbocycles. The molecule has 0 saturated carbocycles. The third-order valence-electron chi connectivity index (χ3n) is 7.74. The van der Waals surface area contributed by atoms with Gasteiger partial charge in [0, 0.05) is 57.1 Å². The number of aliphatic hydroxyl groups excluding tert-OH is 1. The number of ether oxygens (including phenoxy) is 3. The Bertz CT molecular complexity index is 1320. The van der Waals surface area contributed by atoms with Crippen LogP contribution in [0.4, 0.5) is 16.2 Å². The van der Waals surface area contributed by atoms with Crippen LogP contribution in [0.2, 0.25) is 0 Å². The van der Waals surface area contributed by atoms with Gasteiger partial charge in [-0.1, -0.05) is 38.2 Å². The lowest BCUT2D eigenvalue weighted by atomic mass is 9.87. The van der Waals surface area contributed by atoms with Crippen molar-refractivity contribution in [3.63, 3.8) is 0 Å². The monoisotopic (exact) mass is 645 g/mol. The number of aliphatic imine (C=N–C) groups is 1. The van der Waals surface area contributed by atoms with Gasteiger partial charge in [-0.25, -0.2) is 15.6 Å². The van der Waals surface area contributed by atoms with Crippen LogP contribution >= 0.6 is 0 Å². The molecule has 6 N–H and O–H groups in total. The van der Waals surface area contributed by atoms with Gasteiger partial charge in [-0.3, -0.25) is 9.79 Å². The summed E-state index contributed by atoms with van der Waals surface area (Å²) in [5.74, 6) is 4.07. The summed E-state index contributed by atoms with van der Waals surface area (Å²) in [7, 11) is 8.09. The zero-order valence-electron chi connectivity index (χ0n) is 28.4. The second-order valence-corrected chi connectivity index (χ2v) is 12.1. The van der Waals surface area contributed by atoms with Crippen LogP contribution in [0, 0.1) is 11.8 Å². The minimum atomic E-state index is -0.953. The number of fused-ring (bicyclic) bond motifs is 2. The van der Waals surface area contributed by atoms with E-state index in [9.17, 15) is 24.9 Å². The van der Waals surface area contributed by atoms with Crippen molar-refractivity contribution in [1.82, 2.24) is 9.91 Å². The summed E-state index contributed by atoms with van der Waals surface area (Å²) < 4.78 is 17.0. The van der Waals surface area contributed by atoms with Crippen molar-refractivity contribution in [1.29, 1.82) is 0 Å². The largest absolute Gasteiger partial charge is 0.506 e. The van der Waals surface area contributed by atoms with Crippen molar-refractivity contribution in [3.05, 3.63) is 47.1 Å². The maximum absolute atomic E-state index is 13.1. The number of carbonyl (C=O) groups excluding carboxylic acids is 2. The van der Waals surface area contributed by atoms with Gasteiger partial charge >= 0.3 is 6.09 Å². The average molecular weight is 646 g/mol. The summed E-state index contributed by atoms with van der Waals surface area (Å²) in [5, 5.41) is 37.2. The fraction of sp³-hybridized carbons (Fsp3) is 0.545. The predicted molar refractivity (Wildman–Crippen MR) is 178 cm³/mol. The first-order valence-corrected chi connectivity index (χ1v) is 15.1. The van der Waals surface area contributed by atoms with Gasteiger partial charge in [-0.2, -0.15) is 0 Å². The zero-order valence-corrected chi connectivity index (χ0v) is 28.4. The number of nitrogens with two attached hydrogens (primary N) is 1. The molecule has 0 unspecified atom stereocenters. The van der Waals surface area contributed by atoms with E-state index in [2.05, 4.69) is 10.3 Å². The molecule has 0 radical (unpaired) electrons. The van der Waals surface area contributed by atoms with E-state index in [1.807, 2.05) is 32.8 Å². The van der Waals surface area contributed by atoms with Crippen LogP contribution in [0.3, 0.4) is 0 Å². The van der Waals surface area contributed by atoms with Crippen LogP contribution in [0.1, 0.15) is 39.7 Å². The van der Waals surface area contributed by atoms with E-state index in [0.29, 0.717) is 24.1 Å². The number of hydrogen-bond donors (Lipinski definition) is 5. The Hall–Kier alpha value is -3.75. The number of phenolic OH excluding ortho intramolecular Hbond substituents is 2. The van der Waals surface area contributed by atoms with E-state index in [4.69, 9.17) is 20.1 Å². The van der Waals surface area contributed by atoms with E-state index in [0.717, 1.165) is 5.01 Å². The molecule has 13 heteroatoms. The number of amides is 2. The minimum absolute atomic E-state index is 0.0235. The number of rotatable bonds is 6. The molecule has 6 atom stereocenters. The SMILES string of the molecule is CO[C@H]1C=C/C=C(\C)C(=O)Nc2cc(O)c(N=CCN(C)C)c(c2O)C[C@@H](C)C[C@H](OC)[C@H](O)[C@@H](C)/C=C(\C)[C@@H]1OC(=O)N(C)N. The molecular formula is C33H51N5O8. The Morgan fingerprint density at radius 2 is 1.85 bits per heavy atom. The molecule has 1 aliphatic heterocycles. The molecule has 0 aromatic heterocycles. The molecule has 1 aromatic carbocycles. The maximum atomic E-state index is 13.1. The number of carbonyl (C=O) groups is 2. The third-order valence-corrected chi connectivity index (χ3v) is 7.74. The quantitative estimate of drug-likeness (QED) is 0.0583. The van der Waals surface area contributed by atoms with Gasteiger partial charge in [0.25, 0.3) is 5.91 Å². The summed E-state index contributed by atoms with van der Waals surface area (Å²) in [4.78, 5) is 32.0. The first kappa shape index (κ1) is 38.4. The molecule has 2 rings (SSSR count). The number of allylic oxidation sites excluding steroid dienone is 2. The molecule has 1 aliphatic rings. The Kier molecular flexibility index (Phi) is 14.9. The number of hydrazine groups is 1. The predicted octanol–water partition coefficient (Wildman–Crippen LogP) is 3.67. The highest BCUT2D eigenvalue weighted by Gasteiger charge is 2.31. The van der Waals surface area contributed by atoms with Gasteiger partial charge in [-0.15, -0.1) is 0 Å². The lowest BCUT2D eigenvalue weighted by Crippen LogP contribution is -2.41. The lowest BCUT2D eigenvalue weighted by molar-refractivity contribution is -0.112. The number of benzene rings is 1. The average Bonchev–Trinajstić information content (AvgIpc) is 2.99. The minimum Gasteiger partial charge on any atom is -0.506 e. The van der Waals surface area contributed by atoms with Gasteiger partial charge in [0.05, 0.1) is 17.9 Å². The first-order chi connectivity index (χ1) is 21.6. The van der Waals surface area contributed by atoms with Crippen molar-refractivity contribution < 1.29 is 39.1 Å². The summed E-state index contributed by atoms with van der Waals surface area (Å²) in [6.07, 6.45) is 4.77. The molecule has 2 amide bonds. The van der Waals surface area contributed by atoms with Gasteiger partial charge in [0.2, 0.25) is 0 Å². The molecule has 46 heavy (non-hydrogen) atoms. The van der Waals surface area contributed by atoms with Crippen LogP contribution in [-0.4, -0.2) is 110 Å². The molecule has 2 bridgehead atoms. The van der Waals surface area contributed by atoms with Crippen molar-refractivity contribution in [2.45, 2.75) is 65.0 Å². The number of nitrogens with one attached hydrogen (secondary N) is 1. The normalized spacial score (nSPS) is 27.5. The highest BCUT2D eigenvalue weighted by Crippen LogP contribution is 2.44. The van der Waals surface area contributed by atoms with Crippen LogP contribution in [0.25, 0.3) is 0 Å². The fourth-order valence-electron chi connectivity index (χ4n) is 5.10. The van der Waals surface area contributed by atoms with Crippen LogP contribution in [-0.2, 0) is 25.4 Å². The third kappa shape index (κ3) is 10.7. The van der Waals surface area contributed by atoms with Gasteiger partial charge < -0.3 is 39.7 Å². The number of anilines is 1. The second-order valence-electron chi connectivity index (χ2n) is 12.1. The van der Waals surface area contributed by atoms with Gasteiger partial charge in [-0.05, 0) is 52.3 Å². The molecular weight excluding hydrogens is 594 g/mol. The molecule has 256 valence electrons. The van der Waals surface area contributed by atoms with E-state index < -0.39 is 42.3 Å². The Morgan fingerprint density at radius 3 is 2.43 bits per heavy atom. The van der Waals surface area contributed by atoms with E-state index >= 15 is 0 Å². The maximum Gasteiger partial charge on any atom is 0.424 e. The Balaban J connectivity index is 2.69. The van der Waals surface area contributed by atoms with Crippen molar-refractivity contribution >= 4 is 29.6 Å². The summed E-state index contributed by atoms with van der Waals surface area (Å²) in [6.45, 7) is 7.61. The Labute approximate surface area is 272 Å². The highest BCUT2D eigenvalue weighted by molar-refractivity contribution is 6.04. The Morgan fingerprint density at radius 1 is 1.17 bits per heavy atom. The first-order valence-electron chi connectivity index (χ1n) is 15.1. The number of hydrogen-bond acceptors (Lipinski definition) is 11. The highest BCUT2D eigenvalue weighted by atomic mass is 16.6. The smallest absolute Gasteiger partial charge is 0.424 e. The topological polar surface area (TPSA) is 179 Å². The van der Waals surface area contributed by atoms with E-state index in [1.54, 1.807) is 38.3 Å². The number of aliphatic hydroxyl groups is 1. The second kappa shape index (κ2) is 17.8. The number of methoxy groups -OCH3 is 2. The van der Waals surface area contributed by atoms with Crippen LogP contribution < -0.4 is 11.2 Å². The van der Waals surface area contributed by atoms with Crippen molar-refractivity contribution in [3.8, 4) is 11.5 Å².